The minimum atomic E-state index is -0.973. The number of carbonyl (C=O) groups is 2. The van der Waals surface area contributed by atoms with Crippen LogP contribution in [0.15, 0.2) is 41.5 Å². The minimum absolute atomic E-state index is 0.139. The highest BCUT2D eigenvalue weighted by atomic mass is 35.5. The van der Waals surface area contributed by atoms with Crippen LogP contribution in [-0.4, -0.2) is 32.2 Å². The number of hydrogen-bond acceptors (Lipinski definition) is 5. The van der Waals surface area contributed by atoms with Crippen molar-refractivity contribution in [1.82, 2.24) is 5.43 Å². The number of rotatable bonds is 5. The lowest BCUT2D eigenvalue weighted by atomic mass is 10.2. The molecule has 0 fully saturated rings. The second-order valence-electron chi connectivity index (χ2n) is 4.84. The van der Waals surface area contributed by atoms with Crippen LogP contribution in [0.2, 0.25) is 10.0 Å². The van der Waals surface area contributed by atoms with Crippen molar-refractivity contribution in [1.29, 1.82) is 0 Å². The van der Waals surface area contributed by atoms with Gasteiger partial charge in [0.05, 0.1) is 36.2 Å². The van der Waals surface area contributed by atoms with Crippen LogP contribution < -0.4 is 20.2 Å². The average Bonchev–Trinajstić information content (AvgIpc) is 2.64. The van der Waals surface area contributed by atoms with E-state index in [1.807, 2.05) is 0 Å². The lowest BCUT2D eigenvalue weighted by molar-refractivity contribution is -0.136. The Bertz CT molecular complexity index is 856. The van der Waals surface area contributed by atoms with Crippen LogP contribution in [0.25, 0.3) is 0 Å². The molecule has 0 unspecified atom stereocenters. The normalized spacial score (nSPS) is 10.5. The number of anilines is 1. The largest absolute Gasteiger partial charge is 0.493 e. The Morgan fingerprint density at radius 2 is 1.77 bits per heavy atom. The number of hydrogen-bond donors (Lipinski definition) is 2. The first kappa shape index (κ1) is 19.6. The Labute approximate surface area is 159 Å². The molecular weight excluding hydrogens is 381 g/mol. The van der Waals surface area contributed by atoms with E-state index in [0.717, 1.165) is 0 Å². The minimum Gasteiger partial charge on any atom is -0.493 e. The van der Waals surface area contributed by atoms with Crippen LogP contribution in [0.1, 0.15) is 5.56 Å². The predicted molar refractivity (Wildman–Crippen MR) is 100 cm³/mol. The second-order valence-corrected chi connectivity index (χ2v) is 5.62. The zero-order chi connectivity index (χ0) is 19.1. The molecule has 0 aliphatic rings. The van der Waals surface area contributed by atoms with Gasteiger partial charge >= 0.3 is 11.8 Å². The number of nitrogens with one attached hydrogen (secondary N) is 2. The van der Waals surface area contributed by atoms with Crippen molar-refractivity contribution >= 4 is 46.9 Å². The van der Waals surface area contributed by atoms with Gasteiger partial charge in [-0.25, -0.2) is 5.43 Å². The van der Waals surface area contributed by atoms with Gasteiger partial charge in [0.25, 0.3) is 0 Å². The van der Waals surface area contributed by atoms with Crippen LogP contribution in [0.3, 0.4) is 0 Å². The summed E-state index contributed by atoms with van der Waals surface area (Å²) >= 11 is 11.8. The predicted octanol–water partition coefficient (Wildman–Crippen LogP) is 3.10. The number of nitrogens with zero attached hydrogens (tertiary/aromatic N) is 1. The van der Waals surface area contributed by atoms with E-state index in [-0.39, 0.29) is 15.7 Å². The fraction of sp³-hybridized carbons (Fsp3) is 0.118. The molecule has 0 aromatic heterocycles. The molecule has 2 rings (SSSR count). The quantitative estimate of drug-likeness (QED) is 0.462. The number of hydrazone groups is 1. The van der Waals surface area contributed by atoms with Crippen molar-refractivity contribution in [2.75, 3.05) is 19.5 Å². The van der Waals surface area contributed by atoms with E-state index in [2.05, 4.69) is 15.8 Å². The van der Waals surface area contributed by atoms with Crippen LogP contribution >= 0.6 is 23.2 Å². The molecule has 2 amide bonds. The van der Waals surface area contributed by atoms with Crippen LogP contribution in [0.5, 0.6) is 11.5 Å². The van der Waals surface area contributed by atoms with E-state index in [1.54, 1.807) is 30.3 Å². The summed E-state index contributed by atoms with van der Waals surface area (Å²) in [7, 11) is 2.99. The third-order valence-corrected chi connectivity index (χ3v) is 4.03. The van der Waals surface area contributed by atoms with E-state index in [9.17, 15) is 9.59 Å². The fourth-order valence-corrected chi connectivity index (χ4v) is 2.35. The molecule has 2 aromatic carbocycles. The molecule has 2 aromatic rings. The van der Waals surface area contributed by atoms with Gasteiger partial charge in [0, 0.05) is 5.56 Å². The first-order valence-electron chi connectivity index (χ1n) is 7.27. The monoisotopic (exact) mass is 395 g/mol. The number of halogens is 2. The fourth-order valence-electron chi connectivity index (χ4n) is 2.00. The van der Waals surface area contributed by atoms with Gasteiger partial charge in [0.1, 0.15) is 0 Å². The Morgan fingerprint density at radius 3 is 2.46 bits per heavy atom. The molecule has 0 radical (unpaired) electrons. The van der Waals surface area contributed by atoms with Gasteiger partial charge in [-0.2, -0.15) is 5.10 Å². The maximum Gasteiger partial charge on any atom is 0.329 e. The summed E-state index contributed by atoms with van der Waals surface area (Å²) in [5, 5.41) is 6.50. The van der Waals surface area contributed by atoms with Crippen molar-refractivity contribution in [2.24, 2.45) is 5.10 Å². The van der Waals surface area contributed by atoms with Crippen molar-refractivity contribution in [3.05, 3.63) is 52.0 Å². The maximum absolute atomic E-state index is 11.9. The summed E-state index contributed by atoms with van der Waals surface area (Å²) in [6, 6.07) is 9.84. The third-order valence-electron chi connectivity index (χ3n) is 3.21. The highest BCUT2D eigenvalue weighted by molar-refractivity contribution is 6.45. The Morgan fingerprint density at radius 1 is 1.04 bits per heavy atom. The zero-order valence-corrected chi connectivity index (χ0v) is 15.4. The first-order chi connectivity index (χ1) is 12.5. The van der Waals surface area contributed by atoms with Gasteiger partial charge in [-0.3, -0.25) is 9.59 Å². The molecule has 7 nitrogen and oxygen atoms in total. The van der Waals surface area contributed by atoms with E-state index in [0.29, 0.717) is 17.1 Å². The lowest BCUT2D eigenvalue weighted by Gasteiger charge is -2.09. The Hall–Kier alpha value is -2.77. The number of methoxy groups -OCH3 is 2. The number of para-hydroxylation sites is 1. The molecule has 9 heteroatoms. The maximum atomic E-state index is 11.9. The molecular formula is C17H15Cl2N3O4. The molecule has 0 aliphatic heterocycles. The molecule has 0 saturated heterocycles. The Balaban J connectivity index is 2.03. The van der Waals surface area contributed by atoms with Gasteiger partial charge in [-0.1, -0.05) is 35.3 Å². The summed E-state index contributed by atoms with van der Waals surface area (Å²) in [5.41, 5.74) is 2.90. The summed E-state index contributed by atoms with van der Waals surface area (Å²) in [5.74, 6) is -0.956. The van der Waals surface area contributed by atoms with Crippen LogP contribution in [0, 0.1) is 0 Å². The molecule has 0 spiro atoms. The topological polar surface area (TPSA) is 89.0 Å². The van der Waals surface area contributed by atoms with Gasteiger partial charge in [-0.15, -0.1) is 0 Å². The SMILES string of the molecule is COc1cccc(/C=N/NC(=O)C(=O)Nc2cccc(Cl)c2Cl)c1OC. The molecule has 0 aliphatic carbocycles. The third kappa shape index (κ3) is 4.65. The van der Waals surface area contributed by atoms with E-state index in [1.165, 1.54) is 26.5 Å². The molecule has 0 saturated carbocycles. The highest BCUT2D eigenvalue weighted by Crippen LogP contribution is 2.30. The number of benzene rings is 2. The van der Waals surface area contributed by atoms with Gasteiger partial charge in [0.2, 0.25) is 0 Å². The molecule has 0 atom stereocenters. The highest BCUT2D eigenvalue weighted by Gasteiger charge is 2.15. The summed E-state index contributed by atoms with van der Waals surface area (Å²) in [4.78, 5) is 23.7. The van der Waals surface area contributed by atoms with E-state index < -0.39 is 11.8 Å². The average molecular weight is 396 g/mol. The molecule has 0 bridgehead atoms. The summed E-state index contributed by atoms with van der Waals surface area (Å²) in [6.45, 7) is 0. The van der Waals surface area contributed by atoms with Crippen molar-refractivity contribution < 1.29 is 19.1 Å². The van der Waals surface area contributed by atoms with Gasteiger partial charge in [-0.05, 0) is 24.3 Å². The van der Waals surface area contributed by atoms with Crippen molar-refractivity contribution in [3.8, 4) is 11.5 Å². The molecule has 26 heavy (non-hydrogen) atoms. The van der Waals surface area contributed by atoms with Crippen molar-refractivity contribution in [2.45, 2.75) is 0 Å². The molecule has 2 N–H and O–H groups in total. The van der Waals surface area contributed by atoms with Gasteiger partial charge < -0.3 is 14.8 Å². The molecule has 136 valence electrons. The summed E-state index contributed by atoms with van der Waals surface area (Å²) < 4.78 is 10.4. The zero-order valence-electron chi connectivity index (χ0n) is 13.9. The smallest absolute Gasteiger partial charge is 0.329 e. The van der Waals surface area contributed by atoms with E-state index in [4.69, 9.17) is 32.7 Å². The van der Waals surface area contributed by atoms with Crippen LogP contribution in [-0.2, 0) is 9.59 Å². The van der Waals surface area contributed by atoms with Crippen LogP contribution in [0.4, 0.5) is 5.69 Å². The summed E-state index contributed by atoms with van der Waals surface area (Å²) in [6.07, 6.45) is 1.33. The Kier molecular flexibility index (Phi) is 6.82. The van der Waals surface area contributed by atoms with Crippen molar-refractivity contribution in [3.63, 3.8) is 0 Å². The first-order valence-corrected chi connectivity index (χ1v) is 8.03. The second kappa shape index (κ2) is 9.07. The number of amides is 2. The lowest BCUT2D eigenvalue weighted by Crippen LogP contribution is -2.32. The van der Waals surface area contributed by atoms with Gasteiger partial charge in [0.15, 0.2) is 11.5 Å². The standard InChI is InChI=1S/C17H15Cl2N3O4/c1-25-13-8-3-5-10(15(13)26-2)9-20-22-17(24)16(23)21-12-7-4-6-11(18)14(12)19/h3-9H,1-2H3,(H,21,23)(H,22,24)/b20-9+. The van der Waals surface area contributed by atoms with E-state index >= 15 is 0 Å². The number of carbonyl (C=O) groups excluding carboxylic acids is 2. The number of ether oxygens (including phenoxy) is 2. The molecule has 0 heterocycles.